The van der Waals surface area contributed by atoms with Crippen molar-refractivity contribution in [1.29, 1.82) is 0 Å². The highest BCUT2D eigenvalue weighted by Gasteiger charge is 2.53. The van der Waals surface area contributed by atoms with Crippen LogP contribution in [0, 0.1) is 5.92 Å². The van der Waals surface area contributed by atoms with Crippen molar-refractivity contribution >= 4 is 17.5 Å². The minimum absolute atomic E-state index is 0.0353. The van der Waals surface area contributed by atoms with Crippen molar-refractivity contribution in [1.82, 2.24) is 30.7 Å². The average Bonchev–Trinajstić information content (AvgIpc) is 2.97. The lowest BCUT2D eigenvalue weighted by Gasteiger charge is -2.45. The molecule has 5 rings (SSSR count). The zero-order valence-electron chi connectivity index (χ0n) is 16.3. The normalized spacial score (nSPS) is 46.1. The van der Waals surface area contributed by atoms with Crippen LogP contribution in [0.5, 0.6) is 0 Å². The minimum Gasteiger partial charge on any atom is -0.355 e. The fraction of sp³-hybridized carbons (Fsp3) is 0.947. The van der Waals surface area contributed by atoms with E-state index in [1.807, 2.05) is 0 Å². The Morgan fingerprint density at radius 2 is 1.82 bits per heavy atom. The predicted octanol–water partition coefficient (Wildman–Crippen LogP) is -0.275. The van der Waals surface area contributed by atoms with Crippen LogP contribution in [0.25, 0.3) is 0 Å². The highest BCUT2D eigenvalue weighted by molar-refractivity contribution is 6.20. The van der Waals surface area contributed by atoms with Gasteiger partial charge in [0.25, 0.3) is 0 Å². The van der Waals surface area contributed by atoms with Crippen LogP contribution in [-0.2, 0) is 4.79 Å². The molecule has 158 valence electrons. The number of nitrogens with zero attached hydrogens (tertiary/aromatic N) is 3. The number of nitrogens with one attached hydrogen (secondary N) is 3. The molecular weight excluding hydrogens is 383 g/mol. The lowest BCUT2D eigenvalue weighted by Crippen LogP contribution is -2.62. The Kier molecular flexibility index (Phi) is 5.53. The molecule has 5 fully saturated rings. The first-order valence-electron chi connectivity index (χ1n) is 10.9. The third kappa shape index (κ3) is 3.56. The fourth-order valence-corrected chi connectivity index (χ4v) is 6.20. The van der Waals surface area contributed by atoms with Crippen molar-refractivity contribution in [2.45, 2.75) is 61.8 Å². The number of piperidine rings is 1. The first-order chi connectivity index (χ1) is 13.6. The summed E-state index contributed by atoms with van der Waals surface area (Å²) in [7, 11) is 0. The molecule has 0 aromatic rings. The maximum atomic E-state index is 14.3. The smallest absolute Gasteiger partial charge is 0.224 e. The van der Waals surface area contributed by atoms with Gasteiger partial charge in [-0.05, 0) is 25.7 Å². The molecule has 5 aliphatic rings. The molecule has 4 aliphatic heterocycles. The number of hydrogen-bond acceptors (Lipinski definition) is 6. The van der Waals surface area contributed by atoms with E-state index >= 15 is 0 Å². The number of amides is 1. The van der Waals surface area contributed by atoms with Gasteiger partial charge in [0.1, 0.15) is 12.5 Å². The van der Waals surface area contributed by atoms with E-state index in [1.165, 1.54) is 0 Å². The molecule has 0 bridgehead atoms. The van der Waals surface area contributed by atoms with E-state index in [-0.39, 0.29) is 35.6 Å². The predicted molar refractivity (Wildman–Crippen MR) is 106 cm³/mol. The summed E-state index contributed by atoms with van der Waals surface area (Å²) < 4.78 is 14.3. The van der Waals surface area contributed by atoms with Crippen molar-refractivity contribution < 1.29 is 9.18 Å². The third-order valence-corrected chi connectivity index (χ3v) is 7.75. The topological polar surface area (TPSA) is 62.9 Å². The van der Waals surface area contributed by atoms with Crippen molar-refractivity contribution in [3.63, 3.8) is 0 Å². The van der Waals surface area contributed by atoms with Gasteiger partial charge in [-0.1, -0.05) is 0 Å². The number of carbonyl (C=O) groups excluding carboxylic acids is 1. The molecule has 4 heterocycles. The Morgan fingerprint density at radius 1 is 1.04 bits per heavy atom. The van der Waals surface area contributed by atoms with Gasteiger partial charge in [-0.15, -0.1) is 11.6 Å². The zero-order chi connectivity index (χ0) is 19.3. The molecule has 1 saturated carbocycles. The van der Waals surface area contributed by atoms with E-state index in [2.05, 4.69) is 30.7 Å². The third-order valence-electron chi connectivity index (χ3n) is 7.37. The van der Waals surface area contributed by atoms with Crippen molar-refractivity contribution in [3.05, 3.63) is 0 Å². The number of alkyl halides is 2. The van der Waals surface area contributed by atoms with Gasteiger partial charge in [-0.2, -0.15) is 0 Å². The van der Waals surface area contributed by atoms with Gasteiger partial charge >= 0.3 is 0 Å². The molecule has 9 heteroatoms. The van der Waals surface area contributed by atoms with E-state index in [0.717, 1.165) is 52.1 Å². The Hall–Kier alpha value is -0.510. The first kappa shape index (κ1) is 19.5. The van der Waals surface area contributed by atoms with E-state index in [0.29, 0.717) is 25.6 Å². The van der Waals surface area contributed by atoms with Gasteiger partial charge < -0.3 is 10.6 Å². The van der Waals surface area contributed by atoms with Crippen LogP contribution < -0.4 is 16.0 Å². The quantitative estimate of drug-likeness (QED) is 0.540. The molecule has 4 saturated heterocycles. The Bertz CT molecular complexity index is 583. The van der Waals surface area contributed by atoms with Gasteiger partial charge in [-0.25, -0.2) is 4.39 Å². The Balaban J connectivity index is 1.24. The molecular formula is C19H32ClFN6O. The number of hydrogen-bond donors (Lipinski definition) is 3. The van der Waals surface area contributed by atoms with Gasteiger partial charge in [0.15, 0.2) is 0 Å². The second-order valence-corrected chi connectivity index (χ2v) is 9.63. The largest absolute Gasteiger partial charge is 0.355 e. The summed E-state index contributed by atoms with van der Waals surface area (Å²) in [5, 5.41) is 10.5. The molecule has 7 atom stereocenters. The molecule has 1 amide bonds. The van der Waals surface area contributed by atoms with Crippen LogP contribution in [0.2, 0.25) is 0 Å². The highest BCUT2D eigenvalue weighted by Crippen LogP contribution is 2.37. The second-order valence-electron chi connectivity index (χ2n) is 9.01. The SMILES string of the molecule is O=C1NCCN2C3C(CC(F)CC13)NC2N1CCN(C2CCC(Cl)CN2)CC1. The average molecular weight is 415 g/mol. The number of piperazine rings is 1. The number of halogens is 2. The van der Waals surface area contributed by atoms with Crippen LogP contribution in [0.1, 0.15) is 25.7 Å². The molecule has 7 nitrogen and oxygen atoms in total. The lowest BCUT2D eigenvalue weighted by molar-refractivity contribution is -0.127. The molecule has 28 heavy (non-hydrogen) atoms. The van der Waals surface area contributed by atoms with Crippen molar-refractivity contribution in [3.8, 4) is 0 Å². The van der Waals surface area contributed by atoms with Crippen LogP contribution in [0.15, 0.2) is 0 Å². The molecule has 1 aliphatic carbocycles. The van der Waals surface area contributed by atoms with Crippen molar-refractivity contribution in [2.75, 3.05) is 45.8 Å². The van der Waals surface area contributed by atoms with Crippen LogP contribution in [0.3, 0.4) is 0 Å². The molecule has 7 unspecified atom stereocenters. The Labute approximate surface area is 171 Å². The number of carbonyl (C=O) groups is 1. The van der Waals surface area contributed by atoms with Gasteiger partial charge in [0, 0.05) is 63.3 Å². The summed E-state index contributed by atoms with van der Waals surface area (Å²) in [5.74, 6) is -0.196. The van der Waals surface area contributed by atoms with E-state index in [9.17, 15) is 9.18 Å². The molecule has 0 radical (unpaired) electrons. The lowest BCUT2D eigenvalue weighted by atomic mass is 9.80. The minimum atomic E-state index is -0.886. The van der Waals surface area contributed by atoms with Gasteiger partial charge in [0.05, 0.1) is 12.1 Å². The van der Waals surface area contributed by atoms with Crippen molar-refractivity contribution in [2.24, 2.45) is 5.92 Å². The van der Waals surface area contributed by atoms with E-state index in [4.69, 9.17) is 11.6 Å². The summed E-state index contributed by atoms with van der Waals surface area (Å²) in [6.45, 7) is 6.40. The van der Waals surface area contributed by atoms with E-state index in [1.54, 1.807) is 0 Å². The molecule has 0 aromatic heterocycles. The Morgan fingerprint density at radius 3 is 2.57 bits per heavy atom. The van der Waals surface area contributed by atoms with Gasteiger partial charge in [0.2, 0.25) is 5.91 Å². The highest BCUT2D eigenvalue weighted by atomic mass is 35.5. The molecule has 3 N–H and O–H groups in total. The summed E-state index contributed by atoms with van der Waals surface area (Å²) in [6, 6.07) is 0.194. The monoisotopic (exact) mass is 414 g/mol. The summed E-state index contributed by atoms with van der Waals surface area (Å²) >= 11 is 6.21. The molecule has 0 aromatic carbocycles. The number of rotatable bonds is 2. The first-order valence-corrected chi connectivity index (χ1v) is 11.3. The van der Waals surface area contributed by atoms with E-state index < -0.39 is 6.17 Å². The summed E-state index contributed by atoms with van der Waals surface area (Å²) in [6.07, 6.45) is 2.74. The second kappa shape index (κ2) is 7.96. The molecule has 0 spiro atoms. The summed E-state index contributed by atoms with van der Waals surface area (Å²) in [5.41, 5.74) is 0. The van der Waals surface area contributed by atoms with Crippen LogP contribution in [-0.4, -0.2) is 103 Å². The standard InChI is InChI=1S/C19H32ClFN6O/c20-12-1-2-16(23-11-12)25-5-7-26(8-6-25)19-24-15-10-13(21)9-14-17(15)27(19)4-3-22-18(14)28/h12-17,19,23-24H,1-11H2,(H,22,28). The summed E-state index contributed by atoms with van der Waals surface area (Å²) in [4.78, 5) is 19.9. The maximum absolute atomic E-state index is 14.3. The van der Waals surface area contributed by atoms with Crippen LogP contribution >= 0.6 is 11.6 Å². The van der Waals surface area contributed by atoms with Crippen LogP contribution in [0.4, 0.5) is 4.39 Å². The maximum Gasteiger partial charge on any atom is 0.224 e. The zero-order valence-corrected chi connectivity index (χ0v) is 17.1. The fourth-order valence-electron chi connectivity index (χ4n) is 5.99. The van der Waals surface area contributed by atoms with Gasteiger partial charge in [-0.3, -0.25) is 24.8 Å².